The quantitative estimate of drug-likeness (QED) is 0.369. The maximum atomic E-state index is 14.6. The molecule has 44 heavy (non-hydrogen) atoms. The monoisotopic (exact) mass is 624 g/mol. The predicted octanol–water partition coefficient (Wildman–Crippen LogP) is 4.14. The number of nitrogens with zero attached hydrogens (tertiary/aromatic N) is 2. The van der Waals surface area contributed by atoms with Crippen LogP contribution < -0.4 is 10.6 Å². The number of hydrogen-bond acceptors (Lipinski definition) is 6. The minimum Gasteiger partial charge on any atom is -0.348 e. The van der Waals surface area contributed by atoms with Crippen LogP contribution >= 0.6 is 0 Å². The lowest BCUT2D eigenvalue weighted by atomic mass is 10.00. The van der Waals surface area contributed by atoms with Gasteiger partial charge in [-0.05, 0) is 80.1 Å². The van der Waals surface area contributed by atoms with Gasteiger partial charge in [-0.15, -0.1) is 0 Å². The number of sulfone groups is 1. The summed E-state index contributed by atoms with van der Waals surface area (Å²) in [7, 11) is -3.45. The molecule has 232 valence electrons. The van der Waals surface area contributed by atoms with E-state index in [1.807, 2.05) is 12.2 Å². The van der Waals surface area contributed by atoms with Crippen molar-refractivity contribution in [3.63, 3.8) is 0 Å². The fourth-order valence-corrected chi connectivity index (χ4v) is 5.97. The van der Waals surface area contributed by atoms with Crippen molar-refractivity contribution in [3.8, 4) is 0 Å². The van der Waals surface area contributed by atoms with E-state index in [1.54, 1.807) is 25.1 Å². The molecule has 1 saturated heterocycles. The van der Waals surface area contributed by atoms with Crippen LogP contribution in [0.1, 0.15) is 60.8 Å². The summed E-state index contributed by atoms with van der Waals surface area (Å²) >= 11 is 0. The lowest BCUT2D eigenvalue weighted by Crippen LogP contribution is -2.52. The van der Waals surface area contributed by atoms with Crippen molar-refractivity contribution >= 4 is 44.5 Å². The number of nitrogens with one attached hydrogen (secondary N) is 2. The molecule has 9 nitrogen and oxygen atoms in total. The molecule has 1 aromatic heterocycles. The van der Waals surface area contributed by atoms with Crippen molar-refractivity contribution in [1.29, 1.82) is 0 Å². The summed E-state index contributed by atoms with van der Waals surface area (Å²) < 4.78 is 52.4. The van der Waals surface area contributed by atoms with Crippen molar-refractivity contribution in [3.05, 3.63) is 77.2 Å². The second kappa shape index (κ2) is 12.4. The third-order valence-corrected chi connectivity index (χ3v) is 9.03. The zero-order valence-electron chi connectivity index (χ0n) is 24.6. The van der Waals surface area contributed by atoms with Crippen LogP contribution in [-0.2, 0) is 19.4 Å². The summed E-state index contributed by atoms with van der Waals surface area (Å²) in [6.45, 7) is 2.88. The molecule has 2 fully saturated rings. The van der Waals surface area contributed by atoms with Crippen LogP contribution in [0.3, 0.4) is 0 Å². The SMILES string of the molecule is C[C@H](NC(=O)[C@@H]1C[C@@H](F)CN1C(=O)[C@@H](C)NC(=O)c1ccc2cc(F)ccc2n1)c1ccc(S(C)(=O)=O)cc1/C=C/C1CC1. The Morgan fingerprint density at radius 3 is 2.50 bits per heavy atom. The first kappa shape index (κ1) is 31.2. The second-order valence-electron chi connectivity index (χ2n) is 11.6. The number of alkyl halides is 1. The maximum absolute atomic E-state index is 14.6. The van der Waals surface area contributed by atoms with Gasteiger partial charge < -0.3 is 15.5 Å². The lowest BCUT2D eigenvalue weighted by molar-refractivity contribution is -0.139. The summed E-state index contributed by atoms with van der Waals surface area (Å²) in [4.78, 5) is 45.2. The Morgan fingerprint density at radius 1 is 1.05 bits per heavy atom. The molecule has 12 heteroatoms. The summed E-state index contributed by atoms with van der Waals surface area (Å²) in [5.74, 6) is -1.82. The molecule has 0 bridgehead atoms. The highest BCUT2D eigenvalue weighted by Crippen LogP contribution is 2.32. The Kier molecular flexibility index (Phi) is 8.83. The van der Waals surface area contributed by atoms with Gasteiger partial charge in [-0.3, -0.25) is 14.4 Å². The van der Waals surface area contributed by atoms with Crippen molar-refractivity contribution < 1.29 is 31.6 Å². The van der Waals surface area contributed by atoms with Crippen LogP contribution in [0.2, 0.25) is 0 Å². The molecule has 1 aliphatic heterocycles. The summed E-state index contributed by atoms with van der Waals surface area (Å²) in [6, 6.07) is 8.86. The van der Waals surface area contributed by atoms with Gasteiger partial charge in [-0.2, -0.15) is 0 Å². The van der Waals surface area contributed by atoms with E-state index in [1.165, 1.54) is 37.3 Å². The fourth-order valence-electron chi connectivity index (χ4n) is 5.32. The van der Waals surface area contributed by atoms with Crippen molar-refractivity contribution in [2.45, 2.75) is 62.3 Å². The van der Waals surface area contributed by atoms with Gasteiger partial charge in [0.15, 0.2) is 9.84 Å². The number of carbonyl (C=O) groups excluding carboxylic acids is 3. The van der Waals surface area contributed by atoms with Crippen LogP contribution in [0.4, 0.5) is 8.78 Å². The standard InChI is InChI=1S/C32H34F2N4O5S/c1-18(26-11-10-25(44(3,42)43)15-21(26)7-6-20-4-5-20)35-31(40)29-16-24(34)17-38(29)32(41)19(2)36-30(39)28-12-8-22-14-23(33)9-13-27(22)37-28/h6-15,18-20,24,29H,4-5,16-17H2,1-3H3,(H,35,40)(H,36,39)/b7-6+/t18-,19+,24+,29-/m0/s1. The van der Waals surface area contributed by atoms with Gasteiger partial charge >= 0.3 is 0 Å². The van der Waals surface area contributed by atoms with Gasteiger partial charge in [-0.1, -0.05) is 24.3 Å². The molecule has 0 radical (unpaired) electrons. The maximum Gasteiger partial charge on any atom is 0.270 e. The largest absolute Gasteiger partial charge is 0.348 e. The van der Waals surface area contributed by atoms with Gasteiger partial charge in [0, 0.05) is 18.1 Å². The van der Waals surface area contributed by atoms with E-state index in [9.17, 15) is 31.6 Å². The highest BCUT2D eigenvalue weighted by Gasteiger charge is 2.41. The Balaban J connectivity index is 1.28. The molecule has 5 rings (SSSR count). The van der Waals surface area contributed by atoms with Crippen LogP contribution in [0, 0.1) is 11.7 Å². The van der Waals surface area contributed by atoms with Gasteiger partial charge in [0.05, 0.1) is 23.0 Å². The van der Waals surface area contributed by atoms with Gasteiger partial charge in [-0.25, -0.2) is 22.2 Å². The molecule has 1 aliphatic carbocycles. The third kappa shape index (κ3) is 7.12. The Hall–Kier alpha value is -4.19. The number of hydrogen-bond donors (Lipinski definition) is 2. The Morgan fingerprint density at radius 2 is 1.80 bits per heavy atom. The topological polar surface area (TPSA) is 126 Å². The lowest BCUT2D eigenvalue weighted by Gasteiger charge is -2.28. The normalized spacial score (nSPS) is 20.1. The molecule has 2 N–H and O–H groups in total. The van der Waals surface area contributed by atoms with Crippen molar-refractivity contribution in [2.24, 2.45) is 5.92 Å². The number of likely N-dealkylation sites (tertiary alicyclic amines) is 1. The van der Waals surface area contributed by atoms with E-state index in [0.717, 1.165) is 24.0 Å². The van der Waals surface area contributed by atoms with E-state index in [4.69, 9.17) is 0 Å². The number of allylic oxidation sites excluding steroid dienone is 1. The summed E-state index contributed by atoms with van der Waals surface area (Å²) in [5.41, 5.74) is 1.76. The predicted molar refractivity (Wildman–Crippen MR) is 162 cm³/mol. The van der Waals surface area contributed by atoms with E-state index in [-0.39, 0.29) is 23.6 Å². The molecule has 4 atom stereocenters. The molecule has 2 aliphatic rings. The number of fused-ring (bicyclic) bond motifs is 1. The first-order valence-electron chi connectivity index (χ1n) is 14.4. The molecule has 0 spiro atoms. The first-order valence-corrected chi connectivity index (χ1v) is 16.3. The zero-order valence-corrected chi connectivity index (χ0v) is 25.4. The zero-order chi connectivity index (χ0) is 31.8. The molecule has 2 aromatic carbocycles. The number of pyridine rings is 1. The molecular weight excluding hydrogens is 590 g/mol. The van der Waals surface area contributed by atoms with E-state index in [0.29, 0.717) is 27.9 Å². The van der Waals surface area contributed by atoms with E-state index < -0.39 is 57.7 Å². The highest BCUT2D eigenvalue weighted by molar-refractivity contribution is 7.90. The van der Waals surface area contributed by atoms with Gasteiger partial charge in [0.2, 0.25) is 11.8 Å². The van der Waals surface area contributed by atoms with Gasteiger partial charge in [0.1, 0.15) is 29.8 Å². The molecule has 3 aromatic rings. The van der Waals surface area contributed by atoms with Crippen molar-refractivity contribution in [2.75, 3.05) is 12.8 Å². The molecule has 0 unspecified atom stereocenters. The first-order chi connectivity index (χ1) is 20.8. The average molecular weight is 625 g/mol. The Bertz CT molecular complexity index is 1760. The minimum atomic E-state index is -3.45. The molecule has 2 heterocycles. The smallest absolute Gasteiger partial charge is 0.270 e. The van der Waals surface area contributed by atoms with Crippen LogP contribution in [-0.4, -0.2) is 67.1 Å². The van der Waals surface area contributed by atoms with Crippen molar-refractivity contribution in [1.82, 2.24) is 20.5 Å². The van der Waals surface area contributed by atoms with Crippen LogP contribution in [0.5, 0.6) is 0 Å². The second-order valence-corrected chi connectivity index (χ2v) is 13.6. The number of carbonyl (C=O) groups is 3. The molecule has 1 saturated carbocycles. The summed E-state index contributed by atoms with van der Waals surface area (Å²) in [5, 5.41) is 5.94. The summed E-state index contributed by atoms with van der Waals surface area (Å²) in [6.07, 6.45) is 5.52. The number of aromatic nitrogens is 1. The number of halogens is 2. The van der Waals surface area contributed by atoms with Crippen LogP contribution in [0.15, 0.2) is 59.5 Å². The molecule has 3 amide bonds. The van der Waals surface area contributed by atoms with E-state index in [2.05, 4.69) is 15.6 Å². The van der Waals surface area contributed by atoms with Crippen LogP contribution in [0.25, 0.3) is 17.0 Å². The number of benzene rings is 2. The Labute approximate surface area is 254 Å². The van der Waals surface area contributed by atoms with E-state index >= 15 is 0 Å². The molecular formula is C32H34F2N4O5S. The fraction of sp³-hybridized carbons (Fsp3) is 0.375. The average Bonchev–Trinajstić information content (AvgIpc) is 3.73. The van der Waals surface area contributed by atoms with Gasteiger partial charge in [0.25, 0.3) is 5.91 Å². The number of rotatable bonds is 9. The highest BCUT2D eigenvalue weighted by atomic mass is 32.2. The third-order valence-electron chi connectivity index (χ3n) is 7.92. The minimum absolute atomic E-state index is 0.0186. The number of amides is 3.